The van der Waals surface area contributed by atoms with E-state index in [9.17, 15) is 4.79 Å². The van der Waals surface area contributed by atoms with Crippen molar-refractivity contribution in [1.82, 2.24) is 9.97 Å². The molecule has 6 heteroatoms. The molecule has 3 aromatic rings. The highest BCUT2D eigenvalue weighted by atomic mass is 16.5. The van der Waals surface area contributed by atoms with Crippen molar-refractivity contribution >= 4 is 33.9 Å². The molecule has 3 heterocycles. The smallest absolute Gasteiger partial charge is 0.313 e. The van der Waals surface area contributed by atoms with E-state index < -0.39 is 5.41 Å². The van der Waals surface area contributed by atoms with Crippen LogP contribution in [0, 0.1) is 5.41 Å². The van der Waals surface area contributed by atoms with Gasteiger partial charge in [0.25, 0.3) is 0 Å². The van der Waals surface area contributed by atoms with Gasteiger partial charge in [0.2, 0.25) is 0 Å². The Bertz CT molecular complexity index is 904. The molecule has 118 valence electrons. The Morgan fingerprint density at radius 1 is 1.35 bits per heavy atom. The van der Waals surface area contributed by atoms with Gasteiger partial charge < -0.3 is 14.1 Å². The second-order valence-corrected chi connectivity index (χ2v) is 6.20. The molecular formula is C17H17N3O3. The largest absolute Gasteiger partial charge is 0.469 e. The monoisotopic (exact) mass is 311 g/mol. The van der Waals surface area contributed by atoms with Gasteiger partial charge in [-0.1, -0.05) is 12.1 Å². The van der Waals surface area contributed by atoms with E-state index in [1.54, 1.807) is 6.33 Å². The fourth-order valence-corrected chi connectivity index (χ4v) is 3.29. The van der Waals surface area contributed by atoms with E-state index >= 15 is 0 Å². The Morgan fingerprint density at radius 3 is 3.00 bits per heavy atom. The predicted octanol–water partition coefficient (Wildman–Crippen LogP) is 2.77. The molecule has 0 bridgehead atoms. The lowest BCUT2D eigenvalue weighted by atomic mass is 9.90. The number of methoxy groups -OCH3 is 1. The van der Waals surface area contributed by atoms with Gasteiger partial charge >= 0.3 is 5.97 Å². The van der Waals surface area contributed by atoms with E-state index in [2.05, 4.69) is 14.9 Å². The summed E-state index contributed by atoms with van der Waals surface area (Å²) in [6, 6.07) is 7.80. The molecule has 1 atom stereocenters. The number of hydrogen-bond acceptors (Lipinski definition) is 6. The average molecular weight is 311 g/mol. The van der Waals surface area contributed by atoms with Crippen LogP contribution < -0.4 is 4.90 Å². The molecule has 0 amide bonds. The Labute approximate surface area is 133 Å². The second kappa shape index (κ2) is 4.94. The summed E-state index contributed by atoms with van der Waals surface area (Å²) in [5.74, 6) is 0.550. The van der Waals surface area contributed by atoms with E-state index in [1.807, 2.05) is 31.2 Å². The molecule has 1 fully saturated rings. The van der Waals surface area contributed by atoms with Crippen LogP contribution in [0.2, 0.25) is 0 Å². The van der Waals surface area contributed by atoms with Gasteiger partial charge in [-0.2, -0.15) is 0 Å². The molecular weight excluding hydrogens is 294 g/mol. The maximum absolute atomic E-state index is 12.0. The molecule has 0 saturated carbocycles. The molecule has 1 saturated heterocycles. The summed E-state index contributed by atoms with van der Waals surface area (Å²) in [6.07, 6.45) is 2.28. The van der Waals surface area contributed by atoms with Crippen molar-refractivity contribution in [2.45, 2.75) is 13.3 Å². The molecule has 1 aromatic carbocycles. The van der Waals surface area contributed by atoms with E-state index in [4.69, 9.17) is 9.15 Å². The fraction of sp³-hybridized carbons (Fsp3) is 0.353. The van der Waals surface area contributed by atoms with E-state index in [0.717, 1.165) is 35.3 Å². The minimum Gasteiger partial charge on any atom is -0.469 e. The van der Waals surface area contributed by atoms with Gasteiger partial charge in [-0.05, 0) is 25.5 Å². The number of ether oxygens (including phenoxy) is 1. The molecule has 2 aromatic heterocycles. The minimum atomic E-state index is -0.516. The van der Waals surface area contributed by atoms with Crippen molar-refractivity contribution in [3.8, 4) is 0 Å². The first-order valence-corrected chi connectivity index (χ1v) is 7.58. The summed E-state index contributed by atoms with van der Waals surface area (Å²) in [6.45, 7) is 3.22. The average Bonchev–Trinajstić information content (AvgIpc) is 3.15. The fourth-order valence-electron chi connectivity index (χ4n) is 3.29. The van der Waals surface area contributed by atoms with Crippen LogP contribution in [0.25, 0.3) is 22.1 Å². The molecule has 1 aliphatic heterocycles. The normalized spacial score (nSPS) is 21.2. The summed E-state index contributed by atoms with van der Waals surface area (Å²) >= 11 is 0. The first-order chi connectivity index (χ1) is 11.1. The maximum Gasteiger partial charge on any atom is 0.313 e. The van der Waals surface area contributed by atoms with Crippen molar-refractivity contribution in [2.75, 3.05) is 25.1 Å². The highest BCUT2D eigenvalue weighted by molar-refractivity contribution is 6.05. The number of benzene rings is 1. The molecule has 0 N–H and O–H groups in total. The number of fused-ring (bicyclic) bond motifs is 3. The lowest BCUT2D eigenvalue weighted by Gasteiger charge is -2.22. The number of carbonyl (C=O) groups is 1. The van der Waals surface area contributed by atoms with Crippen molar-refractivity contribution in [3.63, 3.8) is 0 Å². The molecule has 0 aliphatic carbocycles. The van der Waals surface area contributed by atoms with Crippen molar-refractivity contribution in [3.05, 3.63) is 30.6 Å². The first kappa shape index (κ1) is 14.0. The zero-order valence-electron chi connectivity index (χ0n) is 13.1. The number of carbonyl (C=O) groups excluding carboxylic acids is 1. The zero-order chi connectivity index (χ0) is 16.0. The molecule has 0 spiro atoms. The summed E-state index contributed by atoms with van der Waals surface area (Å²) in [4.78, 5) is 22.9. The number of esters is 1. The van der Waals surface area contributed by atoms with Crippen LogP contribution in [-0.4, -0.2) is 36.1 Å². The number of rotatable bonds is 2. The molecule has 0 radical (unpaired) electrons. The van der Waals surface area contributed by atoms with E-state index in [1.165, 1.54) is 7.11 Å². The van der Waals surface area contributed by atoms with Crippen LogP contribution in [0.4, 0.5) is 5.82 Å². The maximum atomic E-state index is 12.0. The molecule has 6 nitrogen and oxygen atoms in total. The number of nitrogens with zero attached hydrogens (tertiary/aromatic N) is 3. The van der Waals surface area contributed by atoms with Gasteiger partial charge in [-0.3, -0.25) is 4.79 Å². The van der Waals surface area contributed by atoms with Crippen LogP contribution in [0.5, 0.6) is 0 Å². The van der Waals surface area contributed by atoms with Crippen molar-refractivity contribution < 1.29 is 13.9 Å². The van der Waals surface area contributed by atoms with Gasteiger partial charge in [-0.15, -0.1) is 0 Å². The van der Waals surface area contributed by atoms with Crippen LogP contribution in [0.1, 0.15) is 13.3 Å². The zero-order valence-corrected chi connectivity index (χ0v) is 13.1. The molecule has 1 aliphatic rings. The third-order valence-corrected chi connectivity index (χ3v) is 4.59. The Kier molecular flexibility index (Phi) is 3.01. The topological polar surface area (TPSA) is 68.5 Å². The number of anilines is 1. The summed E-state index contributed by atoms with van der Waals surface area (Å²) in [5.41, 5.74) is 1.75. The van der Waals surface area contributed by atoms with Crippen LogP contribution in [-0.2, 0) is 9.53 Å². The highest BCUT2D eigenvalue weighted by Crippen LogP contribution is 2.38. The highest BCUT2D eigenvalue weighted by Gasteiger charge is 2.42. The summed E-state index contributed by atoms with van der Waals surface area (Å²) in [5, 5.41) is 0.973. The van der Waals surface area contributed by atoms with E-state index in [0.29, 0.717) is 12.1 Å². The van der Waals surface area contributed by atoms with Gasteiger partial charge in [0.05, 0.1) is 12.5 Å². The molecule has 4 rings (SSSR count). The van der Waals surface area contributed by atoms with Gasteiger partial charge in [0.15, 0.2) is 11.4 Å². The van der Waals surface area contributed by atoms with Gasteiger partial charge in [0.1, 0.15) is 17.4 Å². The number of hydrogen-bond donors (Lipinski definition) is 0. The quantitative estimate of drug-likeness (QED) is 0.678. The molecule has 23 heavy (non-hydrogen) atoms. The third kappa shape index (κ3) is 2.05. The lowest BCUT2D eigenvalue weighted by Crippen LogP contribution is -2.33. The van der Waals surface area contributed by atoms with Gasteiger partial charge in [0, 0.05) is 18.5 Å². The number of aromatic nitrogens is 2. The van der Waals surface area contributed by atoms with Crippen molar-refractivity contribution in [2.24, 2.45) is 5.41 Å². The van der Waals surface area contributed by atoms with E-state index in [-0.39, 0.29) is 5.97 Å². The number of furan rings is 1. The predicted molar refractivity (Wildman–Crippen MR) is 86.3 cm³/mol. The summed E-state index contributed by atoms with van der Waals surface area (Å²) in [7, 11) is 1.43. The Balaban J connectivity index is 1.80. The Hall–Kier alpha value is -2.63. The second-order valence-electron chi connectivity index (χ2n) is 6.20. The Morgan fingerprint density at radius 2 is 2.17 bits per heavy atom. The molecule has 1 unspecified atom stereocenters. The SMILES string of the molecule is COC(=O)C1(C)CCN(c2ncnc3c2oc2ccccc23)C1. The number of para-hydroxylation sites is 1. The van der Waals surface area contributed by atoms with Gasteiger partial charge in [-0.25, -0.2) is 9.97 Å². The third-order valence-electron chi connectivity index (χ3n) is 4.59. The van der Waals surface area contributed by atoms with Crippen LogP contribution in [0.3, 0.4) is 0 Å². The first-order valence-electron chi connectivity index (χ1n) is 7.58. The van der Waals surface area contributed by atoms with Crippen LogP contribution >= 0.6 is 0 Å². The lowest BCUT2D eigenvalue weighted by molar-refractivity contribution is -0.150. The standard InChI is InChI=1S/C17H17N3O3/c1-17(16(21)22-2)7-8-20(9-17)15-14-13(18-10-19-15)11-5-3-4-6-12(11)23-14/h3-6,10H,7-9H2,1-2H3. The minimum absolute atomic E-state index is 0.185. The van der Waals surface area contributed by atoms with Crippen LogP contribution in [0.15, 0.2) is 35.0 Å². The summed E-state index contributed by atoms with van der Waals surface area (Å²) < 4.78 is 10.9. The van der Waals surface area contributed by atoms with Crippen molar-refractivity contribution in [1.29, 1.82) is 0 Å².